The number of H-pyrrole nitrogens is 1. The Balaban J connectivity index is 1.91. The Bertz CT molecular complexity index is 904. The van der Waals surface area contributed by atoms with E-state index in [0.717, 1.165) is 4.90 Å². The number of fused-ring (bicyclic) bond motifs is 1. The quantitative estimate of drug-likeness (QED) is 0.730. The fourth-order valence-corrected chi connectivity index (χ4v) is 2.73. The van der Waals surface area contributed by atoms with Crippen molar-refractivity contribution in [3.8, 4) is 11.4 Å². The molecule has 1 aromatic heterocycles. The number of hydrogen-bond donors (Lipinski definition) is 1. The lowest BCUT2D eigenvalue weighted by Gasteiger charge is -2.17. The topological polar surface area (TPSA) is 91.8 Å². The molecule has 2 amide bonds. The molecule has 0 saturated heterocycles. The Kier molecular flexibility index (Phi) is 2.95. The van der Waals surface area contributed by atoms with E-state index in [4.69, 9.17) is 11.6 Å². The lowest BCUT2D eigenvalue weighted by molar-refractivity contribution is 0.0926. The van der Waals surface area contributed by atoms with E-state index in [1.54, 1.807) is 36.4 Å². The number of anilines is 1. The smallest absolute Gasteiger partial charge is 0.266 e. The molecule has 4 rings (SSSR count). The minimum absolute atomic E-state index is 0.272. The van der Waals surface area contributed by atoms with E-state index in [-0.39, 0.29) is 5.82 Å². The van der Waals surface area contributed by atoms with Crippen molar-refractivity contribution in [3.05, 3.63) is 58.6 Å². The molecule has 2 aromatic carbocycles. The number of nitrogens with zero attached hydrogens (tertiary/aromatic N) is 4. The summed E-state index contributed by atoms with van der Waals surface area (Å²) in [6.45, 7) is 0. The average molecular weight is 326 g/mol. The van der Waals surface area contributed by atoms with Gasteiger partial charge < -0.3 is 0 Å². The molecule has 2 heterocycles. The van der Waals surface area contributed by atoms with Crippen molar-refractivity contribution in [1.29, 1.82) is 0 Å². The molecule has 0 spiro atoms. The first-order valence-electron chi connectivity index (χ1n) is 6.68. The van der Waals surface area contributed by atoms with Gasteiger partial charge in [-0.2, -0.15) is 5.21 Å². The van der Waals surface area contributed by atoms with Gasteiger partial charge in [0.1, 0.15) is 0 Å². The number of tetrazole rings is 1. The number of carbonyl (C=O) groups excluding carboxylic acids is 2. The molecule has 0 atom stereocenters. The second-order valence-electron chi connectivity index (χ2n) is 4.89. The summed E-state index contributed by atoms with van der Waals surface area (Å²) in [5.41, 5.74) is 1.52. The summed E-state index contributed by atoms with van der Waals surface area (Å²) < 4.78 is 0. The Hall–Kier alpha value is -3.06. The zero-order valence-electron chi connectivity index (χ0n) is 11.5. The van der Waals surface area contributed by atoms with E-state index in [2.05, 4.69) is 20.6 Å². The Labute approximate surface area is 134 Å². The monoisotopic (exact) mass is 325 g/mol. The van der Waals surface area contributed by atoms with E-state index in [1.807, 2.05) is 0 Å². The number of aromatic nitrogens is 4. The highest BCUT2D eigenvalue weighted by atomic mass is 35.5. The van der Waals surface area contributed by atoms with E-state index >= 15 is 0 Å². The zero-order valence-corrected chi connectivity index (χ0v) is 12.3. The molecule has 0 aliphatic carbocycles. The van der Waals surface area contributed by atoms with Gasteiger partial charge >= 0.3 is 0 Å². The molecular weight excluding hydrogens is 318 g/mol. The van der Waals surface area contributed by atoms with Crippen LogP contribution >= 0.6 is 11.6 Å². The fourth-order valence-electron chi connectivity index (χ4n) is 2.56. The third kappa shape index (κ3) is 2.01. The largest absolute Gasteiger partial charge is 0.268 e. The van der Waals surface area contributed by atoms with Crippen LogP contribution < -0.4 is 4.90 Å². The van der Waals surface area contributed by atoms with Crippen LogP contribution in [0.25, 0.3) is 11.4 Å². The summed E-state index contributed by atoms with van der Waals surface area (Å²) in [6.07, 6.45) is 0. The second kappa shape index (κ2) is 4.99. The number of carbonyl (C=O) groups is 2. The molecule has 8 heteroatoms. The summed E-state index contributed by atoms with van der Waals surface area (Å²) in [7, 11) is 0. The number of nitrogens with one attached hydrogen (secondary N) is 1. The van der Waals surface area contributed by atoms with E-state index in [9.17, 15) is 9.59 Å². The van der Waals surface area contributed by atoms with Crippen molar-refractivity contribution in [2.75, 3.05) is 4.90 Å². The minimum Gasteiger partial charge on any atom is -0.268 e. The number of aromatic amines is 1. The minimum atomic E-state index is -0.405. The van der Waals surface area contributed by atoms with Crippen molar-refractivity contribution in [1.82, 2.24) is 20.6 Å². The molecule has 1 aliphatic rings. The molecule has 0 saturated carbocycles. The molecule has 0 bridgehead atoms. The summed E-state index contributed by atoms with van der Waals surface area (Å²) in [5.74, 6) is -0.538. The average Bonchev–Trinajstić information content (AvgIpc) is 3.16. The van der Waals surface area contributed by atoms with Gasteiger partial charge in [0.25, 0.3) is 11.8 Å². The summed E-state index contributed by atoms with van der Waals surface area (Å²) >= 11 is 6.05. The van der Waals surface area contributed by atoms with Crippen molar-refractivity contribution in [2.24, 2.45) is 0 Å². The van der Waals surface area contributed by atoms with Crippen LogP contribution in [0.2, 0.25) is 5.02 Å². The van der Waals surface area contributed by atoms with Gasteiger partial charge in [0.05, 0.1) is 16.8 Å². The number of rotatable bonds is 2. The predicted molar refractivity (Wildman–Crippen MR) is 82.2 cm³/mol. The van der Waals surface area contributed by atoms with Crippen molar-refractivity contribution >= 4 is 29.1 Å². The lowest BCUT2D eigenvalue weighted by Crippen LogP contribution is -2.30. The van der Waals surface area contributed by atoms with Crippen molar-refractivity contribution in [3.63, 3.8) is 0 Å². The molecule has 3 aromatic rings. The number of hydrogen-bond acceptors (Lipinski definition) is 5. The summed E-state index contributed by atoms with van der Waals surface area (Å²) in [6, 6.07) is 11.5. The van der Waals surface area contributed by atoms with Gasteiger partial charge in [-0.25, -0.2) is 4.90 Å². The van der Waals surface area contributed by atoms with Crippen LogP contribution in [0.15, 0.2) is 42.5 Å². The van der Waals surface area contributed by atoms with Gasteiger partial charge in [-0.05, 0) is 35.5 Å². The van der Waals surface area contributed by atoms with Gasteiger partial charge in [0.2, 0.25) is 5.82 Å². The summed E-state index contributed by atoms with van der Waals surface area (Å²) in [5, 5.41) is 14.1. The Morgan fingerprint density at radius 2 is 1.65 bits per heavy atom. The van der Waals surface area contributed by atoms with Crippen molar-refractivity contribution < 1.29 is 9.59 Å². The van der Waals surface area contributed by atoms with Crippen LogP contribution in [0.5, 0.6) is 0 Å². The van der Waals surface area contributed by atoms with Gasteiger partial charge in [0, 0.05) is 10.6 Å². The Morgan fingerprint density at radius 3 is 2.26 bits per heavy atom. The van der Waals surface area contributed by atoms with Crippen molar-refractivity contribution in [2.45, 2.75) is 0 Å². The van der Waals surface area contributed by atoms with Crippen LogP contribution in [-0.4, -0.2) is 32.4 Å². The third-order valence-electron chi connectivity index (χ3n) is 3.58. The highest BCUT2D eigenvalue weighted by Crippen LogP contribution is 2.36. The fraction of sp³-hybridized carbons (Fsp3) is 0. The zero-order chi connectivity index (χ0) is 16.0. The first kappa shape index (κ1) is 13.6. The van der Waals surface area contributed by atoms with E-state index < -0.39 is 11.8 Å². The maximum absolute atomic E-state index is 12.6. The third-order valence-corrected chi connectivity index (χ3v) is 3.82. The first-order valence-corrected chi connectivity index (χ1v) is 7.06. The number of amides is 2. The lowest BCUT2D eigenvalue weighted by atomic mass is 10.1. The number of benzene rings is 2. The maximum Gasteiger partial charge on any atom is 0.266 e. The molecule has 23 heavy (non-hydrogen) atoms. The van der Waals surface area contributed by atoms with E-state index in [0.29, 0.717) is 27.4 Å². The second-order valence-corrected chi connectivity index (χ2v) is 5.32. The van der Waals surface area contributed by atoms with Gasteiger partial charge in [-0.1, -0.05) is 23.7 Å². The first-order chi connectivity index (χ1) is 11.2. The SMILES string of the molecule is O=C1c2ccccc2C(=O)N1c1cc(Cl)ccc1-c1nn[nH]n1. The predicted octanol–water partition coefficient (Wildman–Crippen LogP) is 2.32. The highest BCUT2D eigenvalue weighted by Gasteiger charge is 2.37. The standard InChI is InChI=1S/C15H8ClN5O2/c16-8-5-6-11(13-17-19-20-18-13)12(7-8)21-14(22)9-3-1-2-4-10(9)15(21)23/h1-7H,(H,17,18,19,20). The molecule has 112 valence electrons. The van der Waals surface area contributed by atoms with Crippen LogP contribution in [0.4, 0.5) is 5.69 Å². The molecule has 1 aliphatic heterocycles. The molecular formula is C15H8ClN5O2. The van der Waals surface area contributed by atoms with Gasteiger partial charge in [-0.3, -0.25) is 9.59 Å². The summed E-state index contributed by atoms with van der Waals surface area (Å²) in [4.78, 5) is 26.4. The Morgan fingerprint density at radius 1 is 0.957 bits per heavy atom. The maximum atomic E-state index is 12.6. The number of imide groups is 1. The molecule has 7 nitrogen and oxygen atoms in total. The molecule has 0 radical (unpaired) electrons. The molecule has 0 unspecified atom stereocenters. The van der Waals surface area contributed by atoms with Crippen LogP contribution in [-0.2, 0) is 0 Å². The highest BCUT2D eigenvalue weighted by molar-refractivity contribution is 6.36. The van der Waals surface area contributed by atoms with E-state index in [1.165, 1.54) is 6.07 Å². The van der Waals surface area contributed by atoms with Crippen LogP contribution in [0.3, 0.4) is 0 Å². The van der Waals surface area contributed by atoms with Gasteiger partial charge in [0.15, 0.2) is 0 Å². The molecule has 1 N–H and O–H groups in total. The number of halogens is 1. The van der Waals surface area contributed by atoms with Crippen LogP contribution in [0, 0.1) is 0 Å². The van der Waals surface area contributed by atoms with Gasteiger partial charge in [-0.15, -0.1) is 10.2 Å². The normalized spacial score (nSPS) is 13.5. The van der Waals surface area contributed by atoms with Crippen LogP contribution in [0.1, 0.15) is 20.7 Å². The molecule has 0 fully saturated rings.